The van der Waals surface area contributed by atoms with Crippen LogP contribution in [0.2, 0.25) is 0 Å². The molecule has 0 unspecified atom stereocenters. The molecule has 3 atom stereocenters. The molecule has 4 rings (SSSR count). The van der Waals surface area contributed by atoms with Gasteiger partial charge in [-0.2, -0.15) is 5.10 Å². The van der Waals surface area contributed by atoms with E-state index in [4.69, 9.17) is 0 Å². The van der Waals surface area contributed by atoms with Gasteiger partial charge in [0, 0.05) is 12.1 Å². The zero-order chi connectivity index (χ0) is 24.8. The largest absolute Gasteiger partial charge is 0.346 e. The first-order valence-electron chi connectivity index (χ1n) is 12.7. The van der Waals surface area contributed by atoms with E-state index in [0.717, 1.165) is 24.0 Å². The second kappa shape index (κ2) is 11.0. The number of rotatable bonds is 7. The lowest BCUT2D eigenvalue weighted by atomic mass is 9.59. The van der Waals surface area contributed by atoms with Crippen molar-refractivity contribution in [1.29, 1.82) is 0 Å². The SMILES string of the molecule is C[C@@H]1C[C@H]2C(=CCCC2(C)C)C[C@@H]1/C=N\NC(=O)CNC(=O)C(c1ccccc1)c1ccccc1. The van der Waals surface area contributed by atoms with Crippen LogP contribution in [0.3, 0.4) is 0 Å². The predicted octanol–water partition coefficient (Wildman–Crippen LogP) is 5.45. The summed E-state index contributed by atoms with van der Waals surface area (Å²) in [7, 11) is 0. The fraction of sp³-hybridized carbons (Fsp3) is 0.433. The molecule has 1 fully saturated rings. The summed E-state index contributed by atoms with van der Waals surface area (Å²) in [6.45, 7) is 6.95. The van der Waals surface area contributed by atoms with Gasteiger partial charge in [0.25, 0.3) is 5.91 Å². The van der Waals surface area contributed by atoms with Crippen molar-refractivity contribution in [3.63, 3.8) is 0 Å². The average molecular weight is 472 g/mol. The Morgan fingerprint density at radius 1 is 1.06 bits per heavy atom. The molecule has 184 valence electrons. The first-order valence-corrected chi connectivity index (χ1v) is 12.7. The third-order valence-electron chi connectivity index (χ3n) is 7.80. The molecule has 0 aliphatic heterocycles. The molecule has 1 saturated carbocycles. The quantitative estimate of drug-likeness (QED) is 0.320. The summed E-state index contributed by atoms with van der Waals surface area (Å²) in [5.74, 6) is 0.490. The van der Waals surface area contributed by atoms with Crippen molar-refractivity contribution in [2.24, 2.45) is 28.3 Å². The molecule has 2 aromatic rings. The molecule has 0 radical (unpaired) electrons. The number of benzene rings is 2. The predicted molar refractivity (Wildman–Crippen MR) is 141 cm³/mol. The number of amides is 2. The summed E-state index contributed by atoms with van der Waals surface area (Å²) < 4.78 is 0. The van der Waals surface area contributed by atoms with Crippen molar-refractivity contribution in [2.45, 2.75) is 52.4 Å². The van der Waals surface area contributed by atoms with Crippen LogP contribution in [0, 0.1) is 23.2 Å². The first-order chi connectivity index (χ1) is 16.8. The maximum Gasteiger partial charge on any atom is 0.259 e. The molecule has 5 heteroatoms. The number of nitrogens with zero attached hydrogens (tertiary/aromatic N) is 1. The second-order valence-electron chi connectivity index (χ2n) is 10.7. The monoisotopic (exact) mass is 471 g/mol. The van der Waals surface area contributed by atoms with Crippen LogP contribution in [0.1, 0.15) is 63.5 Å². The minimum atomic E-state index is -0.474. The Morgan fingerprint density at radius 2 is 1.69 bits per heavy atom. The van der Waals surface area contributed by atoms with Crippen LogP contribution >= 0.6 is 0 Å². The summed E-state index contributed by atoms with van der Waals surface area (Å²) in [5.41, 5.74) is 6.31. The highest BCUT2D eigenvalue weighted by atomic mass is 16.2. The Hall–Kier alpha value is -3.21. The van der Waals surface area contributed by atoms with E-state index in [1.165, 1.54) is 12.8 Å². The van der Waals surface area contributed by atoms with E-state index in [1.807, 2.05) is 66.9 Å². The fourth-order valence-electron chi connectivity index (χ4n) is 5.66. The van der Waals surface area contributed by atoms with Gasteiger partial charge in [-0.25, -0.2) is 5.43 Å². The number of carbonyl (C=O) groups excluding carboxylic acids is 2. The Morgan fingerprint density at radius 3 is 2.31 bits per heavy atom. The summed E-state index contributed by atoms with van der Waals surface area (Å²) >= 11 is 0. The third kappa shape index (κ3) is 6.08. The highest BCUT2D eigenvalue weighted by Crippen LogP contribution is 2.50. The summed E-state index contributed by atoms with van der Waals surface area (Å²) in [6, 6.07) is 19.2. The van der Waals surface area contributed by atoms with Crippen LogP contribution in [0.15, 0.2) is 77.4 Å². The van der Waals surface area contributed by atoms with Crippen molar-refractivity contribution < 1.29 is 9.59 Å². The smallest absolute Gasteiger partial charge is 0.259 e. The molecule has 2 N–H and O–H groups in total. The van der Waals surface area contributed by atoms with E-state index < -0.39 is 5.92 Å². The van der Waals surface area contributed by atoms with E-state index >= 15 is 0 Å². The van der Waals surface area contributed by atoms with E-state index in [9.17, 15) is 9.59 Å². The van der Waals surface area contributed by atoms with Gasteiger partial charge < -0.3 is 5.32 Å². The third-order valence-corrected chi connectivity index (χ3v) is 7.80. The first kappa shape index (κ1) is 24.9. The van der Waals surface area contributed by atoms with Gasteiger partial charge in [0.1, 0.15) is 0 Å². The Balaban J connectivity index is 1.32. The molecule has 0 bridgehead atoms. The van der Waals surface area contributed by atoms with Crippen LogP contribution in [-0.4, -0.2) is 24.6 Å². The average Bonchev–Trinajstić information content (AvgIpc) is 2.85. The maximum absolute atomic E-state index is 13.1. The highest BCUT2D eigenvalue weighted by molar-refractivity contribution is 5.90. The van der Waals surface area contributed by atoms with Gasteiger partial charge in [0.05, 0.1) is 12.5 Å². The van der Waals surface area contributed by atoms with Gasteiger partial charge >= 0.3 is 0 Å². The summed E-state index contributed by atoms with van der Waals surface area (Å²) in [5, 5.41) is 7.04. The Kier molecular flexibility index (Phi) is 7.84. The lowest BCUT2D eigenvalue weighted by Crippen LogP contribution is -2.38. The van der Waals surface area contributed by atoms with E-state index in [1.54, 1.807) is 5.57 Å². The maximum atomic E-state index is 13.1. The van der Waals surface area contributed by atoms with Crippen LogP contribution < -0.4 is 10.7 Å². The molecular weight excluding hydrogens is 434 g/mol. The van der Waals surface area contributed by atoms with E-state index in [0.29, 0.717) is 23.2 Å². The highest BCUT2D eigenvalue weighted by Gasteiger charge is 2.40. The molecule has 0 heterocycles. The molecule has 2 aliphatic rings. The number of nitrogens with one attached hydrogen (secondary N) is 2. The molecule has 2 aromatic carbocycles. The van der Waals surface area contributed by atoms with Gasteiger partial charge in [0.2, 0.25) is 5.91 Å². The standard InChI is InChI=1S/C30H37N3O2/c1-21-17-26-24(15-10-16-30(26,2)3)18-25(21)19-32-33-27(34)20-31-29(35)28(22-11-6-4-7-12-22)23-13-8-5-9-14-23/h4-9,11-15,19,21,25-26,28H,10,16-18,20H2,1-3H3,(H,31,35)(H,33,34)/b32-19-/t21-,25-,26+/m1/s1. The Bertz CT molecular complexity index is 1040. The number of allylic oxidation sites excluding steroid dienone is 2. The van der Waals surface area contributed by atoms with Gasteiger partial charge in [-0.3, -0.25) is 9.59 Å². The van der Waals surface area contributed by atoms with Crippen molar-refractivity contribution >= 4 is 18.0 Å². The molecule has 0 aromatic heterocycles. The molecule has 2 amide bonds. The van der Waals surface area contributed by atoms with Crippen LogP contribution in [0.4, 0.5) is 0 Å². The number of carbonyl (C=O) groups is 2. The van der Waals surface area contributed by atoms with Crippen LogP contribution in [-0.2, 0) is 9.59 Å². The summed E-state index contributed by atoms with van der Waals surface area (Å²) in [4.78, 5) is 25.5. The summed E-state index contributed by atoms with van der Waals surface area (Å²) in [6.07, 6.45) is 8.90. The molecule has 0 spiro atoms. The van der Waals surface area contributed by atoms with Gasteiger partial charge in [-0.05, 0) is 54.1 Å². The molecule has 5 nitrogen and oxygen atoms in total. The van der Waals surface area contributed by atoms with Crippen molar-refractivity contribution in [2.75, 3.05) is 6.54 Å². The van der Waals surface area contributed by atoms with Crippen molar-refractivity contribution in [1.82, 2.24) is 10.7 Å². The van der Waals surface area contributed by atoms with Crippen LogP contribution in [0.25, 0.3) is 0 Å². The molecule has 35 heavy (non-hydrogen) atoms. The number of hydrogen-bond acceptors (Lipinski definition) is 3. The van der Waals surface area contributed by atoms with Gasteiger partial charge in [-0.1, -0.05) is 93.1 Å². The Labute approximate surface area is 209 Å². The molecular formula is C30H37N3O2. The van der Waals surface area contributed by atoms with Crippen molar-refractivity contribution in [3.05, 3.63) is 83.4 Å². The zero-order valence-electron chi connectivity index (χ0n) is 21.0. The normalized spacial score (nSPS) is 23.4. The minimum Gasteiger partial charge on any atom is -0.346 e. The zero-order valence-corrected chi connectivity index (χ0v) is 21.0. The van der Waals surface area contributed by atoms with Crippen LogP contribution in [0.5, 0.6) is 0 Å². The van der Waals surface area contributed by atoms with E-state index in [-0.39, 0.29) is 18.4 Å². The van der Waals surface area contributed by atoms with Crippen molar-refractivity contribution in [3.8, 4) is 0 Å². The molecule has 2 aliphatic carbocycles. The van der Waals surface area contributed by atoms with Gasteiger partial charge in [-0.15, -0.1) is 0 Å². The number of hydrogen-bond donors (Lipinski definition) is 2. The topological polar surface area (TPSA) is 70.6 Å². The lowest BCUT2D eigenvalue weighted by molar-refractivity contribution is -0.126. The van der Waals surface area contributed by atoms with E-state index in [2.05, 4.69) is 42.7 Å². The number of fused-ring (bicyclic) bond motifs is 1. The fourth-order valence-corrected chi connectivity index (χ4v) is 5.66. The minimum absolute atomic E-state index is 0.117. The second-order valence-corrected chi connectivity index (χ2v) is 10.7. The lowest BCUT2D eigenvalue weighted by Gasteiger charge is -2.46. The van der Waals surface area contributed by atoms with Gasteiger partial charge in [0.15, 0.2) is 0 Å². The molecule has 0 saturated heterocycles. The number of hydrazone groups is 1.